The van der Waals surface area contributed by atoms with Gasteiger partial charge in [0.15, 0.2) is 0 Å². The van der Waals surface area contributed by atoms with Crippen molar-refractivity contribution in [3.8, 4) is 0 Å². The standard InChI is InChI=1S/C15H27NO2/c1-5-6-7-8-9-10-14(18-4)11-15(17)16-12-13(2)3/h5-8,13-14H,9-12H2,1-4H3,(H,16,17)/b6-5+,8-7-. The third-order valence-electron chi connectivity index (χ3n) is 2.55. The molecule has 0 fully saturated rings. The summed E-state index contributed by atoms with van der Waals surface area (Å²) in [6.07, 6.45) is 10.4. The summed E-state index contributed by atoms with van der Waals surface area (Å²) in [6.45, 7) is 6.89. The first kappa shape index (κ1) is 16.9. The lowest BCUT2D eigenvalue weighted by Crippen LogP contribution is -2.30. The fourth-order valence-electron chi connectivity index (χ4n) is 1.47. The second-order valence-corrected chi connectivity index (χ2v) is 4.79. The van der Waals surface area contributed by atoms with E-state index in [0.717, 1.165) is 19.4 Å². The predicted octanol–water partition coefficient (Wildman–Crippen LogP) is 3.08. The molecule has 3 nitrogen and oxygen atoms in total. The zero-order valence-electron chi connectivity index (χ0n) is 12.1. The van der Waals surface area contributed by atoms with Crippen LogP contribution in [0.5, 0.6) is 0 Å². The van der Waals surface area contributed by atoms with E-state index in [1.807, 2.05) is 25.2 Å². The largest absolute Gasteiger partial charge is 0.381 e. The van der Waals surface area contributed by atoms with Crippen LogP contribution in [0.15, 0.2) is 24.3 Å². The van der Waals surface area contributed by atoms with Crippen LogP contribution >= 0.6 is 0 Å². The number of allylic oxidation sites excluding steroid dienone is 4. The first-order valence-electron chi connectivity index (χ1n) is 6.67. The Morgan fingerprint density at radius 2 is 2.06 bits per heavy atom. The van der Waals surface area contributed by atoms with Gasteiger partial charge in [0.1, 0.15) is 0 Å². The van der Waals surface area contributed by atoms with Gasteiger partial charge < -0.3 is 10.1 Å². The average Bonchev–Trinajstić information content (AvgIpc) is 2.34. The summed E-state index contributed by atoms with van der Waals surface area (Å²) in [7, 11) is 1.66. The molecule has 0 aromatic rings. The van der Waals surface area contributed by atoms with Crippen LogP contribution in [0.2, 0.25) is 0 Å². The van der Waals surface area contributed by atoms with Crippen molar-refractivity contribution < 1.29 is 9.53 Å². The van der Waals surface area contributed by atoms with E-state index in [1.165, 1.54) is 0 Å². The normalized spacial score (nSPS) is 13.6. The predicted molar refractivity (Wildman–Crippen MR) is 76.4 cm³/mol. The van der Waals surface area contributed by atoms with Crippen LogP contribution in [-0.2, 0) is 9.53 Å². The molecule has 0 aromatic heterocycles. The van der Waals surface area contributed by atoms with Gasteiger partial charge in [-0.1, -0.05) is 38.2 Å². The summed E-state index contributed by atoms with van der Waals surface area (Å²) in [5, 5.41) is 2.91. The Morgan fingerprint density at radius 1 is 1.33 bits per heavy atom. The molecule has 0 bridgehead atoms. The lowest BCUT2D eigenvalue weighted by atomic mass is 10.1. The van der Waals surface area contributed by atoms with Crippen molar-refractivity contribution in [2.45, 2.75) is 46.1 Å². The van der Waals surface area contributed by atoms with E-state index in [0.29, 0.717) is 12.3 Å². The second kappa shape index (κ2) is 11.0. The van der Waals surface area contributed by atoms with E-state index in [1.54, 1.807) is 7.11 Å². The number of amides is 1. The summed E-state index contributed by atoms with van der Waals surface area (Å²) in [5.74, 6) is 0.562. The van der Waals surface area contributed by atoms with E-state index in [2.05, 4.69) is 25.2 Å². The smallest absolute Gasteiger partial charge is 0.222 e. The quantitative estimate of drug-likeness (QED) is 0.641. The monoisotopic (exact) mass is 253 g/mol. The Balaban J connectivity index is 3.84. The highest BCUT2D eigenvalue weighted by Gasteiger charge is 2.12. The molecule has 0 aliphatic heterocycles. The lowest BCUT2D eigenvalue weighted by Gasteiger charge is -2.14. The Morgan fingerprint density at radius 3 is 2.61 bits per heavy atom. The molecule has 0 radical (unpaired) electrons. The number of rotatable bonds is 9. The zero-order valence-corrected chi connectivity index (χ0v) is 12.1. The maximum atomic E-state index is 11.6. The summed E-state index contributed by atoms with van der Waals surface area (Å²) in [4.78, 5) is 11.6. The molecule has 0 saturated heterocycles. The topological polar surface area (TPSA) is 38.3 Å². The Labute approximate surface area is 111 Å². The molecule has 0 aliphatic carbocycles. The van der Waals surface area contributed by atoms with Gasteiger partial charge in [0.25, 0.3) is 0 Å². The SMILES string of the molecule is C/C=C/C=C\CCC(CC(=O)NCC(C)C)OC. The molecular formula is C15H27NO2. The highest BCUT2D eigenvalue weighted by atomic mass is 16.5. The fraction of sp³-hybridized carbons (Fsp3) is 0.667. The van der Waals surface area contributed by atoms with Crippen molar-refractivity contribution in [1.82, 2.24) is 5.32 Å². The summed E-state index contributed by atoms with van der Waals surface area (Å²) < 4.78 is 5.32. The van der Waals surface area contributed by atoms with Crippen molar-refractivity contribution in [2.24, 2.45) is 5.92 Å². The highest BCUT2D eigenvalue weighted by molar-refractivity contribution is 5.76. The molecule has 1 N–H and O–H groups in total. The van der Waals surface area contributed by atoms with Gasteiger partial charge in [-0.2, -0.15) is 0 Å². The van der Waals surface area contributed by atoms with Gasteiger partial charge in [-0.25, -0.2) is 0 Å². The van der Waals surface area contributed by atoms with Crippen molar-refractivity contribution in [1.29, 1.82) is 0 Å². The van der Waals surface area contributed by atoms with Crippen LogP contribution in [0.1, 0.15) is 40.0 Å². The third kappa shape index (κ3) is 10.1. The Kier molecular flexibility index (Phi) is 10.4. The van der Waals surface area contributed by atoms with Crippen LogP contribution in [0.25, 0.3) is 0 Å². The molecule has 0 rings (SSSR count). The molecule has 0 heterocycles. The summed E-state index contributed by atoms with van der Waals surface area (Å²) in [6, 6.07) is 0. The Bertz CT molecular complexity index is 270. The maximum absolute atomic E-state index is 11.6. The van der Waals surface area contributed by atoms with E-state index in [-0.39, 0.29) is 12.0 Å². The number of hydrogen-bond donors (Lipinski definition) is 1. The van der Waals surface area contributed by atoms with Crippen LogP contribution < -0.4 is 5.32 Å². The van der Waals surface area contributed by atoms with Gasteiger partial charge in [0.2, 0.25) is 5.91 Å². The van der Waals surface area contributed by atoms with Gasteiger partial charge >= 0.3 is 0 Å². The number of ether oxygens (including phenoxy) is 1. The Hall–Kier alpha value is -1.09. The van der Waals surface area contributed by atoms with Gasteiger partial charge in [-0.15, -0.1) is 0 Å². The second-order valence-electron chi connectivity index (χ2n) is 4.79. The summed E-state index contributed by atoms with van der Waals surface area (Å²) in [5.41, 5.74) is 0. The van der Waals surface area contributed by atoms with Crippen molar-refractivity contribution in [3.63, 3.8) is 0 Å². The van der Waals surface area contributed by atoms with Crippen LogP contribution in [0, 0.1) is 5.92 Å². The van der Waals surface area contributed by atoms with Crippen LogP contribution in [-0.4, -0.2) is 25.7 Å². The van der Waals surface area contributed by atoms with Crippen molar-refractivity contribution in [2.75, 3.05) is 13.7 Å². The average molecular weight is 253 g/mol. The van der Waals surface area contributed by atoms with Crippen LogP contribution in [0.4, 0.5) is 0 Å². The number of methoxy groups -OCH3 is 1. The minimum Gasteiger partial charge on any atom is -0.381 e. The van der Waals surface area contributed by atoms with Gasteiger partial charge in [0, 0.05) is 13.7 Å². The van der Waals surface area contributed by atoms with Gasteiger partial charge in [0.05, 0.1) is 12.5 Å². The first-order chi connectivity index (χ1) is 8.60. The zero-order chi connectivity index (χ0) is 13.8. The molecule has 3 heteroatoms. The molecule has 0 aromatic carbocycles. The van der Waals surface area contributed by atoms with E-state index >= 15 is 0 Å². The van der Waals surface area contributed by atoms with Crippen LogP contribution in [0.3, 0.4) is 0 Å². The van der Waals surface area contributed by atoms with Crippen molar-refractivity contribution in [3.05, 3.63) is 24.3 Å². The fourth-order valence-corrected chi connectivity index (χ4v) is 1.47. The summed E-state index contributed by atoms with van der Waals surface area (Å²) >= 11 is 0. The molecule has 18 heavy (non-hydrogen) atoms. The van der Waals surface area contributed by atoms with Gasteiger partial charge in [-0.05, 0) is 25.7 Å². The minimum atomic E-state index is 0.00687. The molecular weight excluding hydrogens is 226 g/mol. The molecule has 0 aliphatic rings. The number of nitrogens with one attached hydrogen (secondary N) is 1. The third-order valence-corrected chi connectivity index (χ3v) is 2.55. The molecule has 104 valence electrons. The number of carbonyl (C=O) groups is 1. The highest BCUT2D eigenvalue weighted by Crippen LogP contribution is 2.07. The first-order valence-corrected chi connectivity index (χ1v) is 6.67. The van der Waals surface area contributed by atoms with Crippen molar-refractivity contribution >= 4 is 5.91 Å². The number of carbonyl (C=O) groups excluding carboxylic acids is 1. The van der Waals surface area contributed by atoms with Gasteiger partial charge in [-0.3, -0.25) is 4.79 Å². The number of hydrogen-bond acceptors (Lipinski definition) is 2. The maximum Gasteiger partial charge on any atom is 0.222 e. The molecule has 1 atom stereocenters. The molecule has 1 unspecified atom stereocenters. The van der Waals surface area contributed by atoms with E-state index < -0.39 is 0 Å². The molecule has 1 amide bonds. The molecule has 0 spiro atoms. The van der Waals surface area contributed by atoms with E-state index in [9.17, 15) is 4.79 Å². The molecule has 0 saturated carbocycles. The lowest BCUT2D eigenvalue weighted by molar-refractivity contribution is -0.123. The van der Waals surface area contributed by atoms with E-state index in [4.69, 9.17) is 4.74 Å². The minimum absolute atomic E-state index is 0.00687.